The minimum atomic E-state index is -0.561. The van der Waals surface area contributed by atoms with Crippen LogP contribution in [0, 0.1) is 11.3 Å². The number of carbonyl (C=O) groups excluding carboxylic acids is 2. The van der Waals surface area contributed by atoms with Crippen LogP contribution in [0.2, 0.25) is 0 Å². The van der Waals surface area contributed by atoms with Crippen LogP contribution in [0.4, 0.5) is 0 Å². The van der Waals surface area contributed by atoms with Gasteiger partial charge in [-0.3, -0.25) is 9.59 Å². The quantitative estimate of drug-likeness (QED) is 0.527. The molecule has 142 valence electrons. The maximum Gasteiger partial charge on any atom is 0.312 e. The van der Waals surface area contributed by atoms with Crippen LogP contribution in [0.15, 0.2) is 0 Å². The largest absolute Gasteiger partial charge is 0.466 e. The van der Waals surface area contributed by atoms with Crippen LogP contribution < -0.4 is 0 Å². The molecule has 0 aromatic rings. The second-order valence-electron chi connectivity index (χ2n) is 7.46. The maximum absolute atomic E-state index is 12.3. The van der Waals surface area contributed by atoms with Crippen molar-refractivity contribution in [3.63, 3.8) is 0 Å². The van der Waals surface area contributed by atoms with E-state index in [4.69, 9.17) is 14.2 Å². The number of ether oxygens (including phenoxy) is 3. The molecule has 0 aliphatic carbocycles. The highest BCUT2D eigenvalue weighted by Gasteiger charge is 2.34. The summed E-state index contributed by atoms with van der Waals surface area (Å²) in [7, 11) is 0. The number of carbonyl (C=O) groups is 2. The van der Waals surface area contributed by atoms with Crippen molar-refractivity contribution in [2.24, 2.45) is 11.3 Å². The Morgan fingerprint density at radius 3 is 2.04 bits per heavy atom. The Morgan fingerprint density at radius 2 is 1.58 bits per heavy atom. The summed E-state index contributed by atoms with van der Waals surface area (Å²) >= 11 is 0. The van der Waals surface area contributed by atoms with Gasteiger partial charge in [-0.1, -0.05) is 13.8 Å². The standard InChI is InChI=1S/C19H36O5/c1-9-18(5,6)17(21)24-14(4)15(16(20)22-11-3)12-13-23-19(7,8)10-2/h14-15H,9-13H2,1-8H3. The predicted molar refractivity (Wildman–Crippen MR) is 94.7 cm³/mol. The molecular weight excluding hydrogens is 308 g/mol. The van der Waals surface area contributed by atoms with Crippen molar-refractivity contribution in [1.82, 2.24) is 0 Å². The normalized spacial score (nSPS) is 14.8. The van der Waals surface area contributed by atoms with E-state index in [1.807, 2.05) is 34.6 Å². The van der Waals surface area contributed by atoms with Crippen molar-refractivity contribution in [3.05, 3.63) is 0 Å². The molecule has 2 unspecified atom stereocenters. The Morgan fingerprint density at radius 1 is 1.00 bits per heavy atom. The van der Waals surface area contributed by atoms with Gasteiger partial charge in [0.25, 0.3) is 0 Å². The Balaban J connectivity index is 4.87. The Hall–Kier alpha value is -1.10. The second kappa shape index (κ2) is 10.0. The smallest absolute Gasteiger partial charge is 0.312 e. The van der Waals surface area contributed by atoms with Gasteiger partial charge in [-0.15, -0.1) is 0 Å². The van der Waals surface area contributed by atoms with Crippen molar-refractivity contribution in [1.29, 1.82) is 0 Å². The summed E-state index contributed by atoms with van der Waals surface area (Å²) in [4.78, 5) is 24.5. The second-order valence-corrected chi connectivity index (χ2v) is 7.46. The van der Waals surface area contributed by atoms with Crippen LogP contribution in [-0.2, 0) is 23.8 Å². The van der Waals surface area contributed by atoms with Gasteiger partial charge >= 0.3 is 11.9 Å². The molecule has 0 fully saturated rings. The average Bonchev–Trinajstić information content (AvgIpc) is 2.51. The van der Waals surface area contributed by atoms with Crippen LogP contribution in [0.5, 0.6) is 0 Å². The van der Waals surface area contributed by atoms with Crippen LogP contribution >= 0.6 is 0 Å². The lowest BCUT2D eigenvalue weighted by molar-refractivity contribution is -0.168. The number of rotatable bonds is 11. The van der Waals surface area contributed by atoms with E-state index in [0.717, 1.165) is 6.42 Å². The third kappa shape index (κ3) is 7.65. The van der Waals surface area contributed by atoms with Crippen molar-refractivity contribution in [3.8, 4) is 0 Å². The molecule has 0 amide bonds. The Kier molecular flexibility index (Phi) is 9.56. The van der Waals surface area contributed by atoms with E-state index in [1.54, 1.807) is 13.8 Å². The van der Waals surface area contributed by atoms with E-state index < -0.39 is 17.4 Å². The first-order valence-electron chi connectivity index (χ1n) is 9.02. The summed E-state index contributed by atoms with van der Waals surface area (Å²) in [6.07, 6.45) is 1.47. The zero-order chi connectivity index (χ0) is 19.0. The van der Waals surface area contributed by atoms with Gasteiger partial charge in [0.1, 0.15) is 6.10 Å². The lowest BCUT2D eigenvalue weighted by Crippen LogP contribution is -2.37. The van der Waals surface area contributed by atoms with Gasteiger partial charge in [-0.25, -0.2) is 0 Å². The number of esters is 2. The molecule has 0 spiro atoms. The summed E-state index contributed by atoms with van der Waals surface area (Å²) in [6.45, 7) is 15.9. The SMILES string of the molecule is CCOC(=O)C(CCOC(C)(C)CC)C(C)OC(=O)C(C)(C)CC. The molecule has 0 bridgehead atoms. The molecule has 0 N–H and O–H groups in total. The van der Waals surface area contributed by atoms with Gasteiger partial charge in [0.2, 0.25) is 0 Å². The summed E-state index contributed by atoms with van der Waals surface area (Å²) in [6, 6.07) is 0. The summed E-state index contributed by atoms with van der Waals surface area (Å²) in [5, 5.41) is 0. The minimum Gasteiger partial charge on any atom is -0.466 e. The Bertz CT molecular complexity index is 401. The monoisotopic (exact) mass is 344 g/mol. The molecule has 0 saturated heterocycles. The zero-order valence-corrected chi connectivity index (χ0v) is 16.7. The highest BCUT2D eigenvalue weighted by Crippen LogP contribution is 2.25. The first kappa shape index (κ1) is 22.9. The van der Waals surface area contributed by atoms with E-state index in [-0.39, 0.29) is 17.5 Å². The summed E-state index contributed by atoms with van der Waals surface area (Å²) in [5.74, 6) is -1.15. The molecule has 2 atom stereocenters. The molecule has 24 heavy (non-hydrogen) atoms. The van der Waals surface area contributed by atoms with Crippen LogP contribution in [-0.4, -0.2) is 36.9 Å². The molecule has 0 aromatic carbocycles. The zero-order valence-electron chi connectivity index (χ0n) is 16.7. The number of hydrogen-bond donors (Lipinski definition) is 0. The van der Waals surface area contributed by atoms with Crippen molar-refractivity contribution in [2.45, 2.75) is 86.4 Å². The van der Waals surface area contributed by atoms with E-state index >= 15 is 0 Å². The molecule has 0 rings (SSSR count). The fraction of sp³-hybridized carbons (Fsp3) is 0.895. The first-order chi connectivity index (χ1) is 11.0. The average molecular weight is 344 g/mol. The lowest BCUT2D eigenvalue weighted by atomic mass is 9.90. The lowest BCUT2D eigenvalue weighted by Gasteiger charge is -2.29. The van der Waals surface area contributed by atoms with Crippen molar-refractivity contribution in [2.75, 3.05) is 13.2 Å². The molecule has 0 aromatic heterocycles. The van der Waals surface area contributed by atoms with Crippen LogP contribution in [0.1, 0.15) is 74.7 Å². The van der Waals surface area contributed by atoms with Gasteiger partial charge in [0.15, 0.2) is 0 Å². The summed E-state index contributed by atoms with van der Waals surface area (Å²) < 4.78 is 16.5. The van der Waals surface area contributed by atoms with E-state index in [9.17, 15) is 9.59 Å². The van der Waals surface area contributed by atoms with Crippen molar-refractivity contribution >= 4 is 11.9 Å². The van der Waals surface area contributed by atoms with E-state index in [1.165, 1.54) is 0 Å². The van der Waals surface area contributed by atoms with Crippen molar-refractivity contribution < 1.29 is 23.8 Å². The molecule has 5 heteroatoms. The highest BCUT2D eigenvalue weighted by molar-refractivity contribution is 5.77. The van der Waals surface area contributed by atoms with Gasteiger partial charge in [-0.2, -0.15) is 0 Å². The van der Waals surface area contributed by atoms with Crippen LogP contribution in [0.25, 0.3) is 0 Å². The van der Waals surface area contributed by atoms with Gasteiger partial charge < -0.3 is 14.2 Å². The topological polar surface area (TPSA) is 61.8 Å². The molecular formula is C19H36O5. The minimum absolute atomic E-state index is 0.233. The molecule has 0 aliphatic heterocycles. The highest BCUT2D eigenvalue weighted by atomic mass is 16.6. The van der Waals surface area contributed by atoms with Gasteiger partial charge in [0, 0.05) is 6.61 Å². The molecule has 0 heterocycles. The molecule has 0 aliphatic rings. The molecule has 5 nitrogen and oxygen atoms in total. The Labute approximate surface area is 147 Å². The number of hydrogen-bond acceptors (Lipinski definition) is 5. The van der Waals surface area contributed by atoms with E-state index in [0.29, 0.717) is 26.1 Å². The van der Waals surface area contributed by atoms with Gasteiger partial charge in [0.05, 0.1) is 23.5 Å². The molecule has 0 radical (unpaired) electrons. The third-order valence-electron chi connectivity index (χ3n) is 4.66. The summed E-state index contributed by atoms with van der Waals surface area (Å²) in [5.41, 5.74) is -0.794. The fourth-order valence-electron chi connectivity index (χ4n) is 1.91. The maximum atomic E-state index is 12.3. The van der Waals surface area contributed by atoms with Crippen LogP contribution in [0.3, 0.4) is 0 Å². The fourth-order valence-corrected chi connectivity index (χ4v) is 1.91. The molecule has 0 saturated carbocycles. The predicted octanol–water partition coefficient (Wildman–Crippen LogP) is 4.13. The van der Waals surface area contributed by atoms with Gasteiger partial charge in [-0.05, 0) is 60.8 Å². The van der Waals surface area contributed by atoms with E-state index in [2.05, 4.69) is 6.92 Å². The third-order valence-corrected chi connectivity index (χ3v) is 4.66. The first-order valence-corrected chi connectivity index (χ1v) is 9.02.